The highest BCUT2D eigenvalue weighted by Crippen LogP contribution is 2.24. The van der Waals surface area contributed by atoms with Crippen LogP contribution in [0.15, 0.2) is 30.3 Å². The van der Waals surface area contributed by atoms with Gasteiger partial charge in [0.2, 0.25) is 5.91 Å². The summed E-state index contributed by atoms with van der Waals surface area (Å²) in [5, 5.41) is 3.00. The highest BCUT2D eigenvalue weighted by atomic mass is 16.5. The SMILES string of the molecule is C[C@@H]1CO[C@H](c2ccccc2)CN1CC(=O)NC[C@@H]1CCCO1. The Morgan fingerprint density at radius 1 is 1.30 bits per heavy atom. The summed E-state index contributed by atoms with van der Waals surface area (Å²) >= 11 is 0. The van der Waals surface area contributed by atoms with Gasteiger partial charge >= 0.3 is 0 Å². The summed E-state index contributed by atoms with van der Waals surface area (Å²) in [5.74, 6) is 0.0704. The molecule has 126 valence electrons. The van der Waals surface area contributed by atoms with E-state index in [9.17, 15) is 4.79 Å². The van der Waals surface area contributed by atoms with Crippen LogP contribution in [-0.4, -0.2) is 55.8 Å². The van der Waals surface area contributed by atoms with Gasteiger partial charge in [-0.3, -0.25) is 9.69 Å². The molecule has 5 nitrogen and oxygen atoms in total. The standard InChI is InChI=1S/C18H26N2O3/c1-14-13-23-17(15-6-3-2-4-7-15)11-20(14)12-18(21)19-10-16-8-5-9-22-16/h2-4,6-7,14,16-17H,5,8-13H2,1H3,(H,19,21)/t14-,16+,17+/m1/s1. The van der Waals surface area contributed by atoms with E-state index in [0.717, 1.165) is 26.0 Å². The zero-order chi connectivity index (χ0) is 16.1. The molecule has 0 aromatic heterocycles. The third-order valence-corrected chi connectivity index (χ3v) is 4.63. The Hall–Kier alpha value is -1.43. The highest BCUT2D eigenvalue weighted by molar-refractivity contribution is 5.78. The number of nitrogens with one attached hydrogen (secondary N) is 1. The maximum atomic E-state index is 12.2. The fraction of sp³-hybridized carbons (Fsp3) is 0.611. The molecule has 2 aliphatic heterocycles. The second-order valence-electron chi connectivity index (χ2n) is 6.45. The maximum absolute atomic E-state index is 12.2. The van der Waals surface area contributed by atoms with E-state index in [1.54, 1.807) is 0 Å². The molecule has 1 amide bonds. The normalized spacial score (nSPS) is 28.7. The van der Waals surface area contributed by atoms with Crippen molar-refractivity contribution in [3.63, 3.8) is 0 Å². The number of carbonyl (C=O) groups is 1. The molecule has 3 atom stereocenters. The van der Waals surface area contributed by atoms with E-state index in [2.05, 4.69) is 29.3 Å². The van der Waals surface area contributed by atoms with E-state index in [-0.39, 0.29) is 24.2 Å². The van der Waals surface area contributed by atoms with Crippen LogP contribution in [0.4, 0.5) is 0 Å². The Morgan fingerprint density at radius 2 is 2.13 bits per heavy atom. The average Bonchev–Trinajstić information content (AvgIpc) is 3.09. The van der Waals surface area contributed by atoms with Gasteiger partial charge in [-0.2, -0.15) is 0 Å². The van der Waals surface area contributed by atoms with Gasteiger partial charge in [0.15, 0.2) is 0 Å². The van der Waals surface area contributed by atoms with Crippen LogP contribution in [-0.2, 0) is 14.3 Å². The van der Waals surface area contributed by atoms with Crippen LogP contribution >= 0.6 is 0 Å². The molecule has 2 fully saturated rings. The second-order valence-corrected chi connectivity index (χ2v) is 6.45. The van der Waals surface area contributed by atoms with Gasteiger partial charge in [0, 0.05) is 25.7 Å². The van der Waals surface area contributed by atoms with Crippen LogP contribution in [0, 0.1) is 0 Å². The first-order valence-corrected chi connectivity index (χ1v) is 8.51. The Kier molecular flexibility index (Phi) is 5.65. The van der Waals surface area contributed by atoms with E-state index in [1.807, 2.05) is 18.2 Å². The molecule has 0 radical (unpaired) electrons. The topological polar surface area (TPSA) is 50.8 Å². The maximum Gasteiger partial charge on any atom is 0.234 e. The molecule has 0 bridgehead atoms. The fourth-order valence-corrected chi connectivity index (χ4v) is 3.17. The lowest BCUT2D eigenvalue weighted by Gasteiger charge is -2.37. The molecular formula is C18H26N2O3. The van der Waals surface area contributed by atoms with Gasteiger partial charge in [-0.05, 0) is 25.3 Å². The number of hydrogen-bond acceptors (Lipinski definition) is 4. The third-order valence-electron chi connectivity index (χ3n) is 4.63. The van der Waals surface area contributed by atoms with E-state index in [0.29, 0.717) is 19.7 Å². The van der Waals surface area contributed by atoms with E-state index < -0.39 is 0 Å². The molecule has 2 aliphatic rings. The van der Waals surface area contributed by atoms with Crippen molar-refractivity contribution in [2.75, 3.05) is 32.8 Å². The van der Waals surface area contributed by atoms with Crippen molar-refractivity contribution in [1.29, 1.82) is 0 Å². The van der Waals surface area contributed by atoms with Gasteiger partial charge < -0.3 is 14.8 Å². The molecular weight excluding hydrogens is 292 g/mol. The van der Waals surface area contributed by atoms with Crippen molar-refractivity contribution in [2.24, 2.45) is 0 Å². The van der Waals surface area contributed by atoms with Gasteiger partial charge in [0.1, 0.15) is 0 Å². The molecule has 1 N–H and O–H groups in total. The third kappa shape index (κ3) is 4.53. The zero-order valence-corrected chi connectivity index (χ0v) is 13.7. The molecule has 0 spiro atoms. The number of rotatable bonds is 5. The molecule has 0 saturated carbocycles. The lowest BCUT2D eigenvalue weighted by Crippen LogP contribution is -2.49. The first-order valence-electron chi connectivity index (χ1n) is 8.51. The molecule has 2 heterocycles. The van der Waals surface area contributed by atoms with Gasteiger partial charge in [0.05, 0.1) is 25.4 Å². The van der Waals surface area contributed by atoms with Gasteiger partial charge in [0.25, 0.3) is 0 Å². The number of benzene rings is 1. The molecule has 5 heteroatoms. The van der Waals surface area contributed by atoms with Crippen molar-refractivity contribution in [3.05, 3.63) is 35.9 Å². The summed E-state index contributed by atoms with van der Waals surface area (Å²) < 4.78 is 11.5. The minimum absolute atomic E-state index is 0.0402. The number of nitrogens with zero attached hydrogens (tertiary/aromatic N) is 1. The summed E-state index contributed by atoms with van der Waals surface area (Å²) in [6.45, 7) is 5.37. The Balaban J connectivity index is 1.50. The van der Waals surface area contributed by atoms with E-state index >= 15 is 0 Å². The number of hydrogen-bond donors (Lipinski definition) is 1. The monoisotopic (exact) mass is 318 g/mol. The average molecular weight is 318 g/mol. The molecule has 1 aromatic rings. The molecule has 2 saturated heterocycles. The predicted octanol–water partition coefficient (Wildman–Crippen LogP) is 1.74. The van der Waals surface area contributed by atoms with Crippen molar-refractivity contribution in [3.8, 4) is 0 Å². The first-order chi connectivity index (χ1) is 11.2. The molecule has 23 heavy (non-hydrogen) atoms. The lowest BCUT2D eigenvalue weighted by molar-refractivity contribution is -0.127. The molecule has 0 unspecified atom stereocenters. The number of carbonyl (C=O) groups excluding carboxylic acids is 1. The van der Waals surface area contributed by atoms with Crippen molar-refractivity contribution in [2.45, 2.75) is 38.0 Å². The Morgan fingerprint density at radius 3 is 2.87 bits per heavy atom. The fourth-order valence-electron chi connectivity index (χ4n) is 3.17. The van der Waals surface area contributed by atoms with Crippen LogP contribution in [0.2, 0.25) is 0 Å². The molecule has 0 aliphatic carbocycles. The largest absolute Gasteiger partial charge is 0.376 e. The Bertz CT molecular complexity index is 502. The first kappa shape index (κ1) is 16.4. The summed E-state index contributed by atoms with van der Waals surface area (Å²) in [6, 6.07) is 10.5. The number of ether oxygens (including phenoxy) is 2. The smallest absolute Gasteiger partial charge is 0.234 e. The van der Waals surface area contributed by atoms with Gasteiger partial charge in [-0.25, -0.2) is 0 Å². The zero-order valence-electron chi connectivity index (χ0n) is 13.7. The lowest BCUT2D eigenvalue weighted by atomic mass is 10.1. The number of amides is 1. The van der Waals surface area contributed by atoms with Crippen LogP contribution < -0.4 is 5.32 Å². The summed E-state index contributed by atoms with van der Waals surface area (Å²) in [4.78, 5) is 14.4. The van der Waals surface area contributed by atoms with Crippen molar-refractivity contribution < 1.29 is 14.3 Å². The summed E-state index contributed by atoms with van der Waals surface area (Å²) in [7, 11) is 0. The van der Waals surface area contributed by atoms with Crippen LogP contribution in [0.1, 0.15) is 31.4 Å². The summed E-state index contributed by atoms with van der Waals surface area (Å²) in [6.07, 6.45) is 2.38. The van der Waals surface area contributed by atoms with Gasteiger partial charge in [-0.1, -0.05) is 30.3 Å². The Labute approximate surface area is 137 Å². The van der Waals surface area contributed by atoms with Crippen molar-refractivity contribution in [1.82, 2.24) is 10.2 Å². The highest BCUT2D eigenvalue weighted by Gasteiger charge is 2.28. The predicted molar refractivity (Wildman–Crippen MR) is 88.2 cm³/mol. The van der Waals surface area contributed by atoms with Crippen LogP contribution in [0.25, 0.3) is 0 Å². The quantitative estimate of drug-likeness (QED) is 0.898. The van der Waals surface area contributed by atoms with Crippen LogP contribution in [0.5, 0.6) is 0 Å². The van der Waals surface area contributed by atoms with E-state index in [1.165, 1.54) is 5.56 Å². The second kappa shape index (κ2) is 7.90. The summed E-state index contributed by atoms with van der Waals surface area (Å²) in [5.41, 5.74) is 1.17. The minimum atomic E-state index is 0.0402. The van der Waals surface area contributed by atoms with E-state index in [4.69, 9.17) is 9.47 Å². The molecule has 3 rings (SSSR count). The minimum Gasteiger partial charge on any atom is -0.376 e. The van der Waals surface area contributed by atoms with Gasteiger partial charge in [-0.15, -0.1) is 0 Å². The number of morpholine rings is 1. The molecule has 1 aromatic carbocycles. The van der Waals surface area contributed by atoms with Crippen molar-refractivity contribution >= 4 is 5.91 Å². The van der Waals surface area contributed by atoms with Crippen LogP contribution in [0.3, 0.4) is 0 Å².